The molecule has 0 aliphatic heterocycles. The number of halogens is 2. The number of nitrogens with zero attached hydrogens (tertiary/aromatic N) is 1. The van der Waals surface area contributed by atoms with Crippen LogP contribution >= 0.6 is 0 Å². The lowest BCUT2D eigenvalue weighted by atomic mass is 10.00. The number of unbranched alkanes of at least 4 members (excludes halogenated alkanes) is 1. The van der Waals surface area contributed by atoms with Crippen LogP contribution in [0.2, 0.25) is 0 Å². The number of hydrogen-bond donors (Lipinski definition) is 3. The van der Waals surface area contributed by atoms with Crippen molar-refractivity contribution >= 4 is 11.8 Å². The normalized spacial score (nSPS) is 12.6. The predicted molar refractivity (Wildman–Crippen MR) is 153 cm³/mol. The summed E-state index contributed by atoms with van der Waals surface area (Å²) in [6.07, 6.45) is 1.48. The van der Waals surface area contributed by atoms with Crippen LogP contribution in [0.25, 0.3) is 0 Å². The van der Waals surface area contributed by atoms with Gasteiger partial charge in [0, 0.05) is 42.9 Å². The van der Waals surface area contributed by atoms with Crippen LogP contribution in [0.4, 0.5) is 8.78 Å². The average molecular weight is 552 g/mol. The van der Waals surface area contributed by atoms with Gasteiger partial charge in [-0.3, -0.25) is 9.59 Å². The van der Waals surface area contributed by atoms with Crippen molar-refractivity contribution in [3.8, 4) is 0 Å². The number of nitrogens with two attached hydrogens (primary N) is 1. The molecule has 3 aromatic rings. The molecule has 2 amide bonds. The van der Waals surface area contributed by atoms with Gasteiger partial charge < -0.3 is 21.1 Å². The lowest BCUT2D eigenvalue weighted by Gasteiger charge is -2.29. The van der Waals surface area contributed by atoms with E-state index in [2.05, 4.69) is 5.32 Å². The van der Waals surface area contributed by atoms with Gasteiger partial charge in [0.2, 0.25) is 0 Å². The van der Waals surface area contributed by atoms with Crippen molar-refractivity contribution in [3.05, 3.63) is 106 Å². The van der Waals surface area contributed by atoms with E-state index in [9.17, 15) is 23.5 Å². The van der Waals surface area contributed by atoms with Crippen LogP contribution in [0.5, 0.6) is 0 Å². The van der Waals surface area contributed by atoms with Crippen LogP contribution in [-0.2, 0) is 19.4 Å². The number of benzene rings is 3. The zero-order valence-corrected chi connectivity index (χ0v) is 23.4. The van der Waals surface area contributed by atoms with Gasteiger partial charge in [-0.2, -0.15) is 0 Å². The predicted octanol–water partition coefficient (Wildman–Crippen LogP) is 4.94. The second-order valence-electron chi connectivity index (χ2n) is 10.3. The van der Waals surface area contributed by atoms with E-state index < -0.39 is 23.8 Å². The molecule has 0 aliphatic rings. The highest BCUT2D eigenvalue weighted by atomic mass is 19.1. The summed E-state index contributed by atoms with van der Waals surface area (Å²) in [7, 11) is 0. The molecule has 214 valence electrons. The molecule has 8 heteroatoms. The highest BCUT2D eigenvalue weighted by Gasteiger charge is 2.25. The first kappa shape index (κ1) is 30.9. The molecule has 0 bridgehead atoms. The molecule has 0 aliphatic carbocycles. The lowest BCUT2D eigenvalue weighted by molar-refractivity contribution is 0.0554. The van der Waals surface area contributed by atoms with E-state index in [0.29, 0.717) is 23.2 Å². The van der Waals surface area contributed by atoms with Crippen molar-refractivity contribution in [2.75, 3.05) is 13.1 Å². The second kappa shape index (κ2) is 14.7. The molecule has 0 saturated carbocycles. The summed E-state index contributed by atoms with van der Waals surface area (Å²) < 4.78 is 27.3. The summed E-state index contributed by atoms with van der Waals surface area (Å²) in [5.41, 5.74) is 10.0. The molecule has 3 aromatic carbocycles. The number of carbonyl (C=O) groups excluding carboxylic acids is 2. The summed E-state index contributed by atoms with van der Waals surface area (Å²) in [6, 6.07) is 15.1. The van der Waals surface area contributed by atoms with E-state index in [-0.39, 0.29) is 31.3 Å². The minimum atomic E-state index is -1.17. The third kappa shape index (κ3) is 8.96. The fourth-order valence-electron chi connectivity index (χ4n) is 4.59. The molecular formula is C32H39F2N3O3. The number of aryl methyl sites for hydroxylation is 2. The van der Waals surface area contributed by atoms with Crippen LogP contribution < -0.4 is 11.1 Å². The first-order valence-corrected chi connectivity index (χ1v) is 13.7. The Balaban J connectivity index is 1.86. The Bertz CT molecular complexity index is 1290. The topological polar surface area (TPSA) is 95.7 Å². The van der Waals surface area contributed by atoms with Gasteiger partial charge in [-0.05, 0) is 78.8 Å². The maximum absolute atomic E-state index is 13.8. The summed E-state index contributed by atoms with van der Waals surface area (Å²) in [4.78, 5) is 28.1. The Hall–Kier alpha value is -3.62. The van der Waals surface area contributed by atoms with Gasteiger partial charge in [0.25, 0.3) is 11.8 Å². The molecule has 4 N–H and O–H groups in total. The van der Waals surface area contributed by atoms with Crippen molar-refractivity contribution in [3.63, 3.8) is 0 Å². The summed E-state index contributed by atoms with van der Waals surface area (Å²) in [5, 5.41) is 13.9. The van der Waals surface area contributed by atoms with Gasteiger partial charge in [-0.15, -0.1) is 0 Å². The summed E-state index contributed by atoms with van der Waals surface area (Å²) in [6.45, 7) is 6.54. The summed E-state index contributed by atoms with van der Waals surface area (Å²) >= 11 is 0. The van der Waals surface area contributed by atoms with Gasteiger partial charge in [-0.25, -0.2) is 8.78 Å². The number of carbonyl (C=O) groups is 2. The van der Waals surface area contributed by atoms with Crippen LogP contribution in [0.3, 0.4) is 0 Å². The third-order valence-electron chi connectivity index (χ3n) is 6.76. The highest BCUT2D eigenvalue weighted by molar-refractivity contribution is 6.00. The molecule has 0 saturated heterocycles. The fourth-order valence-corrected chi connectivity index (χ4v) is 4.59. The Morgan fingerprint density at radius 1 is 0.950 bits per heavy atom. The van der Waals surface area contributed by atoms with Crippen molar-refractivity contribution < 1.29 is 23.5 Å². The molecule has 6 nitrogen and oxygen atoms in total. The molecular weight excluding hydrogens is 512 g/mol. The first-order chi connectivity index (χ1) is 19.1. The number of amides is 2. The fraction of sp³-hybridized carbons (Fsp3) is 0.375. The number of aliphatic hydroxyl groups excluding tert-OH is 1. The average Bonchev–Trinajstić information content (AvgIpc) is 2.91. The van der Waals surface area contributed by atoms with E-state index in [1.165, 1.54) is 17.0 Å². The monoisotopic (exact) mass is 551 g/mol. The quantitative estimate of drug-likeness (QED) is 0.262. The van der Waals surface area contributed by atoms with Gasteiger partial charge in [0.1, 0.15) is 11.6 Å². The van der Waals surface area contributed by atoms with Crippen LogP contribution in [0.15, 0.2) is 60.7 Å². The Morgan fingerprint density at radius 3 is 2.30 bits per heavy atom. The van der Waals surface area contributed by atoms with Gasteiger partial charge in [0.05, 0.1) is 6.10 Å². The molecule has 0 aromatic heterocycles. The van der Waals surface area contributed by atoms with Crippen molar-refractivity contribution in [1.82, 2.24) is 10.2 Å². The molecule has 40 heavy (non-hydrogen) atoms. The van der Waals surface area contributed by atoms with E-state index in [4.69, 9.17) is 5.73 Å². The van der Waals surface area contributed by atoms with Crippen LogP contribution in [0.1, 0.15) is 69.7 Å². The molecule has 0 heterocycles. The minimum Gasteiger partial charge on any atom is -0.390 e. The van der Waals surface area contributed by atoms with E-state index in [1.807, 2.05) is 45.0 Å². The lowest BCUT2D eigenvalue weighted by Crippen LogP contribution is -2.46. The second-order valence-corrected chi connectivity index (χ2v) is 10.3. The standard InChI is InChI=1S/C32H39F2N3O3/c1-4-6-10-36-31(39)25-11-21(3)12-26(17-25)32(40)37(19-23-9-7-8-22(5-2)13-23)20-30(38)29(35)16-24-14-27(33)18-28(34)15-24/h7-9,11-15,17-18,29-30,38H,4-6,10,16,19-20,35H2,1-3H3,(H,36,39)/t29-,30+/m0/s1. The van der Waals surface area contributed by atoms with E-state index in [1.54, 1.807) is 18.2 Å². The molecule has 0 radical (unpaired) electrons. The molecule has 0 unspecified atom stereocenters. The maximum atomic E-state index is 13.8. The minimum absolute atomic E-state index is 0.0235. The van der Waals surface area contributed by atoms with Crippen molar-refractivity contribution in [1.29, 1.82) is 0 Å². The number of hydrogen-bond acceptors (Lipinski definition) is 4. The van der Waals surface area contributed by atoms with Gasteiger partial charge in [-0.1, -0.05) is 44.5 Å². The SMILES string of the molecule is CCCCNC(=O)c1cc(C)cc(C(=O)N(Cc2cccc(CC)c2)C[C@@H](O)[C@@H](N)Cc2cc(F)cc(F)c2)c1. The van der Waals surface area contributed by atoms with E-state index >= 15 is 0 Å². The zero-order valence-electron chi connectivity index (χ0n) is 23.4. The maximum Gasteiger partial charge on any atom is 0.254 e. The van der Waals surface area contributed by atoms with Gasteiger partial charge >= 0.3 is 0 Å². The Kier molecular flexibility index (Phi) is 11.3. The van der Waals surface area contributed by atoms with Gasteiger partial charge in [0.15, 0.2) is 0 Å². The van der Waals surface area contributed by atoms with Crippen molar-refractivity contribution in [2.45, 2.75) is 65.1 Å². The Labute approximate surface area is 235 Å². The number of rotatable bonds is 13. The zero-order chi connectivity index (χ0) is 29.2. The third-order valence-corrected chi connectivity index (χ3v) is 6.76. The largest absolute Gasteiger partial charge is 0.390 e. The van der Waals surface area contributed by atoms with E-state index in [0.717, 1.165) is 42.0 Å². The first-order valence-electron chi connectivity index (χ1n) is 13.7. The summed E-state index contributed by atoms with van der Waals surface area (Å²) in [5.74, 6) is -2.06. The van der Waals surface area contributed by atoms with Crippen LogP contribution in [-0.4, -0.2) is 47.1 Å². The molecule has 0 fully saturated rings. The molecule has 2 atom stereocenters. The van der Waals surface area contributed by atoms with Crippen LogP contribution in [0, 0.1) is 18.6 Å². The molecule has 3 rings (SSSR count). The molecule has 0 spiro atoms. The Morgan fingerprint density at radius 2 is 1.62 bits per heavy atom. The highest BCUT2D eigenvalue weighted by Crippen LogP contribution is 2.18. The number of nitrogens with one attached hydrogen (secondary N) is 1. The number of aliphatic hydroxyl groups is 1. The smallest absolute Gasteiger partial charge is 0.254 e. The van der Waals surface area contributed by atoms with Crippen molar-refractivity contribution in [2.24, 2.45) is 5.73 Å².